The molecule has 0 unspecified atom stereocenters. The highest BCUT2D eigenvalue weighted by Crippen LogP contribution is 2.62. The zero-order chi connectivity index (χ0) is 44.9. The molecule has 0 saturated heterocycles. The normalized spacial score (nSPS) is 23.6. The van der Waals surface area contributed by atoms with Crippen LogP contribution < -0.4 is 14.2 Å². The SMILES string of the molecule is Oc1cc(O)c2c(c1)O[C@H](c1ccc(O)c(O)c1)[C@H](O)[C@H]2c1c(O)cc(O)c2c1O[C@H](c1ccc(O)c(O)c1)[C@H](O)[C@H]2c1c(O)cc(O)c2c1O[C@H](c1ccc(O)c(O)c1)[C@@H](O)C2. The molecule has 3 aliphatic heterocycles. The highest BCUT2D eigenvalue weighted by molar-refractivity contribution is 5.70. The van der Waals surface area contributed by atoms with Crippen molar-refractivity contribution >= 4 is 0 Å². The Hall–Kier alpha value is -7.80. The summed E-state index contributed by atoms with van der Waals surface area (Å²) in [5.74, 6) is -11.5. The van der Waals surface area contributed by atoms with Gasteiger partial charge in [0.15, 0.2) is 46.7 Å². The summed E-state index contributed by atoms with van der Waals surface area (Å²) < 4.78 is 18.9. The molecule has 0 aliphatic carbocycles. The lowest BCUT2D eigenvalue weighted by Crippen LogP contribution is -2.39. The first-order valence-electron chi connectivity index (χ1n) is 19.3. The molecule has 326 valence electrons. The van der Waals surface area contributed by atoms with Crippen molar-refractivity contribution in [1.82, 2.24) is 0 Å². The smallest absolute Gasteiger partial charge is 0.157 e. The second-order valence-electron chi connectivity index (χ2n) is 15.7. The first-order chi connectivity index (χ1) is 29.9. The number of aliphatic hydroxyl groups is 3. The van der Waals surface area contributed by atoms with Gasteiger partial charge in [-0.15, -0.1) is 0 Å². The van der Waals surface area contributed by atoms with Crippen molar-refractivity contribution in [2.45, 2.75) is 54.9 Å². The Morgan fingerprint density at radius 3 is 1.29 bits per heavy atom. The van der Waals surface area contributed by atoms with Crippen molar-refractivity contribution in [3.05, 3.63) is 123 Å². The van der Waals surface area contributed by atoms with Crippen LogP contribution in [0, 0.1) is 0 Å². The molecule has 0 fully saturated rings. The van der Waals surface area contributed by atoms with E-state index in [1.807, 2.05) is 0 Å². The van der Waals surface area contributed by atoms with Crippen LogP contribution in [0.1, 0.15) is 74.7 Å². The molecule has 0 saturated carbocycles. The van der Waals surface area contributed by atoms with Crippen molar-refractivity contribution in [3.63, 3.8) is 0 Å². The number of benzene rings is 6. The van der Waals surface area contributed by atoms with Gasteiger partial charge in [0, 0.05) is 58.5 Å². The van der Waals surface area contributed by atoms with Crippen LogP contribution in [0.4, 0.5) is 0 Å². The predicted molar refractivity (Wildman–Crippen MR) is 214 cm³/mol. The van der Waals surface area contributed by atoms with E-state index in [1.54, 1.807) is 0 Å². The van der Waals surface area contributed by atoms with E-state index in [0.717, 1.165) is 60.7 Å². The van der Waals surface area contributed by atoms with E-state index >= 15 is 0 Å². The average Bonchev–Trinajstić information content (AvgIpc) is 3.22. The fourth-order valence-corrected chi connectivity index (χ4v) is 8.94. The quantitative estimate of drug-likeness (QED) is 0.106. The summed E-state index contributed by atoms with van der Waals surface area (Å²) in [4.78, 5) is 0. The average molecular weight is 867 g/mol. The fourth-order valence-electron chi connectivity index (χ4n) is 8.94. The molecule has 0 spiro atoms. The summed E-state index contributed by atoms with van der Waals surface area (Å²) >= 11 is 0. The van der Waals surface area contributed by atoms with E-state index < -0.39 is 123 Å². The number of rotatable bonds is 5. The third-order valence-electron chi connectivity index (χ3n) is 11.8. The second-order valence-corrected chi connectivity index (χ2v) is 15.7. The Kier molecular flexibility index (Phi) is 9.46. The third-order valence-corrected chi connectivity index (χ3v) is 11.8. The minimum absolute atomic E-state index is 0.0127. The molecule has 8 atom stereocenters. The Morgan fingerprint density at radius 2 is 0.778 bits per heavy atom. The number of hydrogen-bond donors (Lipinski definition) is 15. The van der Waals surface area contributed by atoms with E-state index in [1.165, 1.54) is 18.2 Å². The van der Waals surface area contributed by atoms with Crippen molar-refractivity contribution in [3.8, 4) is 86.2 Å². The predicted octanol–water partition coefficient (Wildman–Crippen LogP) is 4.44. The summed E-state index contributed by atoms with van der Waals surface area (Å²) in [6.07, 6.45) is -9.93. The standard InChI is InChI=1S/C45H38O18/c46-18-10-27(54)33-32(11-18)61-42(16-2-5-21(48)25(52)8-16)39(59)37(33)35-29(56)14-30(57)36-38(40(60)43(63-45(35)36)17-3-6-22(49)26(53)9-17)34-28(55)13-23(50)19-12-31(58)41(62-44(19)34)15-1-4-20(47)24(51)7-15/h1-11,13-14,31,37-43,46-60H,12H2/t31-,37+,38-,39+,40+,41+,42+,43+/m0/s1. The zero-order valence-electron chi connectivity index (χ0n) is 32.3. The lowest BCUT2D eigenvalue weighted by molar-refractivity contribution is -0.00562. The van der Waals surface area contributed by atoms with Crippen molar-refractivity contribution in [1.29, 1.82) is 0 Å². The first-order valence-corrected chi connectivity index (χ1v) is 19.3. The minimum Gasteiger partial charge on any atom is -0.508 e. The molecule has 63 heavy (non-hydrogen) atoms. The van der Waals surface area contributed by atoms with Crippen LogP contribution in [0.5, 0.6) is 86.2 Å². The van der Waals surface area contributed by atoms with Crippen LogP contribution in [-0.4, -0.2) is 94.9 Å². The molecule has 3 heterocycles. The number of ether oxygens (including phenoxy) is 3. The third kappa shape index (κ3) is 6.46. The van der Waals surface area contributed by atoms with Crippen LogP contribution in [0.25, 0.3) is 0 Å². The van der Waals surface area contributed by atoms with Gasteiger partial charge in [-0.05, 0) is 53.1 Å². The summed E-state index contributed by atoms with van der Waals surface area (Å²) in [5.41, 5.74) is -1.10. The van der Waals surface area contributed by atoms with E-state index in [2.05, 4.69) is 0 Å². The van der Waals surface area contributed by atoms with E-state index in [4.69, 9.17) is 14.2 Å². The van der Waals surface area contributed by atoms with Gasteiger partial charge in [0.2, 0.25) is 0 Å². The first kappa shape index (κ1) is 40.6. The number of aromatic hydroxyl groups is 12. The van der Waals surface area contributed by atoms with Gasteiger partial charge in [-0.2, -0.15) is 0 Å². The lowest BCUT2D eigenvalue weighted by Gasteiger charge is -2.43. The second kappa shape index (κ2) is 14.7. The van der Waals surface area contributed by atoms with Gasteiger partial charge in [0.25, 0.3) is 0 Å². The maximum atomic E-state index is 12.5. The molecule has 0 bridgehead atoms. The van der Waals surface area contributed by atoms with E-state index in [-0.39, 0.29) is 62.4 Å². The summed E-state index contributed by atoms with van der Waals surface area (Å²) in [7, 11) is 0. The van der Waals surface area contributed by atoms with E-state index in [0.29, 0.717) is 0 Å². The maximum absolute atomic E-state index is 12.5. The zero-order valence-corrected chi connectivity index (χ0v) is 32.3. The van der Waals surface area contributed by atoms with Gasteiger partial charge >= 0.3 is 0 Å². The van der Waals surface area contributed by atoms with Crippen LogP contribution in [0.15, 0.2) is 78.9 Å². The van der Waals surface area contributed by atoms with Crippen LogP contribution in [-0.2, 0) is 6.42 Å². The van der Waals surface area contributed by atoms with Crippen molar-refractivity contribution in [2.24, 2.45) is 0 Å². The highest BCUT2D eigenvalue weighted by atomic mass is 16.5. The van der Waals surface area contributed by atoms with Crippen molar-refractivity contribution in [2.75, 3.05) is 0 Å². The molecular formula is C45H38O18. The molecule has 3 aliphatic rings. The monoisotopic (exact) mass is 866 g/mol. The largest absolute Gasteiger partial charge is 0.508 e. The Labute approximate surface area is 354 Å². The van der Waals surface area contributed by atoms with Gasteiger partial charge in [-0.1, -0.05) is 18.2 Å². The molecule has 6 aromatic carbocycles. The summed E-state index contributed by atoms with van der Waals surface area (Å²) in [6.45, 7) is 0. The molecule has 6 aromatic rings. The van der Waals surface area contributed by atoms with Crippen LogP contribution in [0.3, 0.4) is 0 Å². The number of hydrogen-bond acceptors (Lipinski definition) is 18. The molecule has 18 nitrogen and oxygen atoms in total. The van der Waals surface area contributed by atoms with Crippen LogP contribution >= 0.6 is 0 Å². The van der Waals surface area contributed by atoms with Gasteiger partial charge in [0.05, 0.1) is 17.9 Å². The number of phenolic OH excluding ortho intramolecular Hbond substituents is 12. The number of fused-ring (bicyclic) bond motifs is 3. The molecule has 0 aromatic heterocycles. The number of aliphatic hydroxyl groups excluding tert-OH is 3. The topological polar surface area (TPSA) is 331 Å². The Balaban J connectivity index is 1.31. The molecule has 15 N–H and O–H groups in total. The molecule has 0 radical (unpaired) electrons. The van der Waals surface area contributed by atoms with Gasteiger partial charge in [-0.25, -0.2) is 0 Å². The molecule has 18 heteroatoms. The van der Waals surface area contributed by atoms with Gasteiger partial charge in [0.1, 0.15) is 70.1 Å². The molecule has 9 rings (SSSR count). The maximum Gasteiger partial charge on any atom is 0.157 e. The molecular weight excluding hydrogens is 828 g/mol. The fraction of sp³-hybridized carbons (Fsp3) is 0.200. The lowest BCUT2D eigenvalue weighted by atomic mass is 9.73. The minimum atomic E-state index is -1.90. The van der Waals surface area contributed by atoms with Gasteiger partial charge < -0.3 is 90.8 Å². The Morgan fingerprint density at radius 1 is 0.365 bits per heavy atom. The highest BCUT2D eigenvalue weighted by Gasteiger charge is 2.51. The summed E-state index contributed by atoms with van der Waals surface area (Å²) in [6, 6.07) is 14.4. The van der Waals surface area contributed by atoms with Gasteiger partial charge in [-0.3, -0.25) is 0 Å². The summed E-state index contributed by atoms with van der Waals surface area (Å²) in [5, 5.41) is 166. The van der Waals surface area contributed by atoms with Crippen molar-refractivity contribution < 1.29 is 90.8 Å². The molecule has 0 amide bonds. The van der Waals surface area contributed by atoms with Crippen LogP contribution in [0.2, 0.25) is 0 Å². The Bertz CT molecular complexity index is 2840. The number of phenols is 12. The van der Waals surface area contributed by atoms with E-state index in [9.17, 15) is 76.6 Å².